The zero-order chi connectivity index (χ0) is 20.4. The van der Waals surface area contributed by atoms with E-state index in [0.717, 1.165) is 23.9 Å². The van der Waals surface area contributed by atoms with Gasteiger partial charge < -0.3 is 20.3 Å². The van der Waals surface area contributed by atoms with E-state index in [1.165, 1.54) is 0 Å². The van der Waals surface area contributed by atoms with Crippen LogP contribution in [0.5, 0.6) is 5.75 Å². The van der Waals surface area contributed by atoms with Crippen LogP contribution in [0, 0.1) is 6.92 Å². The predicted octanol–water partition coefficient (Wildman–Crippen LogP) is 2.74. The summed E-state index contributed by atoms with van der Waals surface area (Å²) in [6.45, 7) is 3.28. The topological polar surface area (TPSA) is 66.0 Å². The summed E-state index contributed by atoms with van der Waals surface area (Å²) in [5.41, 5.74) is 2.12. The Morgan fingerprint density at radius 3 is 2.54 bits per heavy atom. The summed E-state index contributed by atoms with van der Waals surface area (Å²) in [4.78, 5) is 16.4. The average Bonchev–Trinajstić information content (AvgIpc) is 2.59. The van der Waals surface area contributed by atoms with E-state index in [1.54, 1.807) is 7.11 Å². The summed E-state index contributed by atoms with van der Waals surface area (Å²) in [6.07, 6.45) is -3.73. The van der Waals surface area contributed by atoms with Crippen LogP contribution in [0.15, 0.2) is 23.2 Å². The Labute approximate surface area is 180 Å². The highest BCUT2D eigenvalue weighted by Gasteiger charge is 2.30. The van der Waals surface area contributed by atoms with Gasteiger partial charge in [0.25, 0.3) is 0 Å². The Balaban J connectivity index is 0.00000729. The fourth-order valence-electron chi connectivity index (χ4n) is 2.31. The van der Waals surface area contributed by atoms with E-state index < -0.39 is 18.6 Å². The molecular weight excluding hydrogens is 488 g/mol. The first-order chi connectivity index (χ1) is 12.7. The second-order valence-corrected chi connectivity index (χ2v) is 6.04. The summed E-state index contributed by atoms with van der Waals surface area (Å²) in [7, 11) is 2.73. The summed E-state index contributed by atoms with van der Waals surface area (Å²) in [5.74, 6) is 0.490. The Morgan fingerprint density at radius 1 is 1.29 bits per heavy atom. The molecule has 2 N–H and O–H groups in total. The van der Waals surface area contributed by atoms with Crippen LogP contribution in [0.3, 0.4) is 0 Å². The number of methoxy groups -OCH3 is 1. The van der Waals surface area contributed by atoms with Gasteiger partial charge in [0.15, 0.2) is 5.96 Å². The molecule has 0 aromatic heterocycles. The van der Waals surface area contributed by atoms with Gasteiger partial charge in [-0.15, -0.1) is 24.0 Å². The van der Waals surface area contributed by atoms with E-state index in [0.29, 0.717) is 30.4 Å². The number of nitrogens with zero attached hydrogens (tertiary/aromatic N) is 2. The molecule has 0 fully saturated rings. The third-order valence-corrected chi connectivity index (χ3v) is 3.74. The second-order valence-electron chi connectivity index (χ2n) is 6.04. The van der Waals surface area contributed by atoms with Crippen LogP contribution < -0.4 is 15.4 Å². The monoisotopic (exact) mass is 516 g/mol. The van der Waals surface area contributed by atoms with Gasteiger partial charge in [-0.05, 0) is 37.5 Å². The summed E-state index contributed by atoms with van der Waals surface area (Å²) < 4.78 is 42.3. The van der Waals surface area contributed by atoms with Crippen molar-refractivity contribution >= 4 is 35.8 Å². The molecule has 0 aliphatic heterocycles. The van der Waals surface area contributed by atoms with Gasteiger partial charge in [-0.1, -0.05) is 12.1 Å². The average molecular weight is 516 g/mol. The van der Waals surface area contributed by atoms with Crippen molar-refractivity contribution in [1.29, 1.82) is 0 Å². The number of halogens is 4. The third kappa shape index (κ3) is 10.00. The highest BCUT2D eigenvalue weighted by Crippen LogP contribution is 2.19. The van der Waals surface area contributed by atoms with Gasteiger partial charge in [-0.2, -0.15) is 13.2 Å². The lowest BCUT2D eigenvalue weighted by Crippen LogP contribution is -2.40. The molecule has 28 heavy (non-hydrogen) atoms. The summed E-state index contributed by atoms with van der Waals surface area (Å²) >= 11 is 0. The molecule has 0 saturated heterocycles. The molecule has 10 heteroatoms. The van der Waals surface area contributed by atoms with Gasteiger partial charge in [-0.25, -0.2) is 4.99 Å². The van der Waals surface area contributed by atoms with Crippen molar-refractivity contribution < 1.29 is 22.7 Å². The SMILES string of the molecule is CCNC(=NCC(=O)N(C)CC(F)(F)F)NCCc1ccc(C)c(OC)c1.I. The number of alkyl halides is 3. The normalized spacial score (nSPS) is 11.5. The van der Waals surface area contributed by atoms with E-state index in [-0.39, 0.29) is 30.5 Å². The number of carbonyl (C=O) groups excluding carboxylic acids is 1. The number of ether oxygens (including phenoxy) is 1. The maximum absolute atomic E-state index is 12.3. The minimum atomic E-state index is -4.42. The number of guanidine groups is 1. The van der Waals surface area contributed by atoms with Gasteiger partial charge in [0.05, 0.1) is 7.11 Å². The first-order valence-electron chi connectivity index (χ1n) is 8.62. The van der Waals surface area contributed by atoms with Gasteiger partial charge in [0, 0.05) is 20.1 Å². The molecule has 0 saturated carbocycles. The molecule has 1 aromatic rings. The minimum Gasteiger partial charge on any atom is -0.496 e. The zero-order valence-corrected chi connectivity index (χ0v) is 18.9. The number of carbonyl (C=O) groups is 1. The van der Waals surface area contributed by atoms with Crippen molar-refractivity contribution in [2.75, 3.05) is 40.3 Å². The van der Waals surface area contributed by atoms with Crippen molar-refractivity contribution in [3.8, 4) is 5.75 Å². The Hall–Kier alpha value is -1.72. The molecule has 0 unspecified atom stereocenters. The van der Waals surface area contributed by atoms with Crippen LogP contribution in [0.4, 0.5) is 13.2 Å². The quantitative estimate of drug-likeness (QED) is 0.317. The number of hydrogen-bond acceptors (Lipinski definition) is 3. The number of nitrogens with one attached hydrogen (secondary N) is 2. The number of aliphatic imine (C=N–C) groups is 1. The summed E-state index contributed by atoms with van der Waals surface area (Å²) in [5, 5.41) is 6.03. The molecule has 1 aromatic carbocycles. The van der Waals surface area contributed by atoms with Gasteiger partial charge >= 0.3 is 6.18 Å². The smallest absolute Gasteiger partial charge is 0.406 e. The van der Waals surface area contributed by atoms with Crippen molar-refractivity contribution in [3.05, 3.63) is 29.3 Å². The highest BCUT2D eigenvalue weighted by atomic mass is 127. The Bertz CT molecular complexity index is 654. The van der Waals surface area contributed by atoms with E-state index >= 15 is 0 Å². The number of hydrogen-bond donors (Lipinski definition) is 2. The van der Waals surface area contributed by atoms with Crippen LogP contribution in [0.1, 0.15) is 18.1 Å². The standard InChI is InChI=1S/C18H27F3N4O2.HI/c1-5-22-17(24-11-16(26)25(3)12-18(19,20)21)23-9-8-14-7-6-13(2)15(10-14)27-4;/h6-7,10H,5,8-9,11-12H2,1-4H3,(H2,22,23,24);1H. The molecule has 160 valence electrons. The molecule has 0 heterocycles. The van der Waals surface area contributed by atoms with Crippen molar-refractivity contribution in [2.45, 2.75) is 26.4 Å². The van der Waals surface area contributed by atoms with Gasteiger partial charge in [0.1, 0.15) is 18.8 Å². The predicted molar refractivity (Wildman–Crippen MR) is 115 cm³/mol. The van der Waals surface area contributed by atoms with E-state index in [9.17, 15) is 18.0 Å². The Kier molecular flexibility index (Phi) is 11.9. The lowest BCUT2D eigenvalue weighted by molar-refractivity contribution is -0.157. The van der Waals surface area contributed by atoms with Crippen LogP contribution >= 0.6 is 24.0 Å². The van der Waals surface area contributed by atoms with Crippen LogP contribution in [-0.2, 0) is 11.2 Å². The molecule has 0 aliphatic carbocycles. The highest BCUT2D eigenvalue weighted by molar-refractivity contribution is 14.0. The lowest BCUT2D eigenvalue weighted by atomic mass is 10.1. The number of amides is 1. The second kappa shape index (κ2) is 12.7. The molecule has 0 aliphatic rings. The van der Waals surface area contributed by atoms with Crippen molar-refractivity contribution in [3.63, 3.8) is 0 Å². The van der Waals surface area contributed by atoms with E-state index in [2.05, 4.69) is 15.6 Å². The molecule has 0 radical (unpaired) electrons. The van der Waals surface area contributed by atoms with Gasteiger partial charge in [-0.3, -0.25) is 4.79 Å². The summed E-state index contributed by atoms with van der Waals surface area (Å²) in [6, 6.07) is 5.93. The van der Waals surface area contributed by atoms with Crippen molar-refractivity contribution in [2.24, 2.45) is 4.99 Å². The molecule has 1 amide bonds. The largest absolute Gasteiger partial charge is 0.496 e. The zero-order valence-electron chi connectivity index (χ0n) is 16.5. The third-order valence-electron chi connectivity index (χ3n) is 3.74. The number of benzene rings is 1. The fraction of sp³-hybridized carbons (Fsp3) is 0.556. The maximum Gasteiger partial charge on any atom is 0.406 e. The molecule has 0 bridgehead atoms. The molecule has 6 nitrogen and oxygen atoms in total. The molecule has 1 rings (SSSR count). The fourth-order valence-corrected chi connectivity index (χ4v) is 2.31. The first-order valence-corrected chi connectivity index (χ1v) is 8.62. The van der Waals surface area contributed by atoms with Crippen molar-refractivity contribution in [1.82, 2.24) is 15.5 Å². The molecule has 0 spiro atoms. The van der Waals surface area contributed by atoms with Gasteiger partial charge in [0.2, 0.25) is 5.91 Å². The number of likely N-dealkylation sites (N-methyl/N-ethyl adjacent to an activating group) is 1. The maximum atomic E-state index is 12.3. The minimum absolute atomic E-state index is 0. The van der Waals surface area contributed by atoms with E-state index in [4.69, 9.17) is 4.74 Å². The first kappa shape index (κ1) is 26.3. The number of rotatable bonds is 8. The molecular formula is C18H28F3IN4O2. The van der Waals surface area contributed by atoms with E-state index in [1.807, 2.05) is 32.0 Å². The van der Waals surface area contributed by atoms with Crippen LogP contribution in [0.2, 0.25) is 0 Å². The molecule has 0 atom stereocenters. The van der Waals surface area contributed by atoms with Crippen LogP contribution in [0.25, 0.3) is 0 Å². The number of aryl methyl sites for hydroxylation is 1. The van der Waals surface area contributed by atoms with Crippen LogP contribution in [-0.4, -0.2) is 63.3 Å². The Morgan fingerprint density at radius 2 is 1.96 bits per heavy atom. The lowest BCUT2D eigenvalue weighted by Gasteiger charge is -2.18.